The molecule has 1 aliphatic carbocycles. The SMILES string of the molecule is CN(c1ncnc2sc(CC(F)(F)F)cc12)[C@H]1C[C@@H](N)C[C@@H]1O. The number of hydrogen-bond acceptors (Lipinski definition) is 6. The first-order valence-electron chi connectivity index (χ1n) is 7.21. The van der Waals surface area contributed by atoms with E-state index < -0.39 is 18.7 Å². The number of hydrogen-bond donors (Lipinski definition) is 2. The molecule has 126 valence electrons. The summed E-state index contributed by atoms with van der Waals surface area (Å²) >= 11 is 1.01. The van der Waals surface area contributed by atoms with Crippen molar-refractivity contribution >= 4 is 27.4 Å². The number of aliphatic hydroxyl groups excluding tert-OH is 1. The highest BCUT2D eigenvalue weighted by Crippen LogP contribution is 2.35. The van der Waals surface area contributed by atoms with Crippen molar-refractivity contribution in [2.24, 2.45) is 5.73 Å². The summed E-state index contributed by atoms with van der Waals surface area (Å²) in [4.78, 5) is 10.8. The Morgan fingerprint density at radius 3 is 2.74 bits per heavy atom. The maximum absolute atomic E-state index is 12.6. The second-order valence-electron chi connectivity index (χ2n) is 5.90. The molecule has 2 aromatic rings. The van der Waals surface area contributed by atoms with Gasteiger partial charge in [-0.15, -0.1) is 11.3 Å². The lowest BCUT2D eigenvalue weighted by Crippen LogP contribution is -2.38. The van der Waals surface area contributed by atoms with E-state index in [2.05, 4.69) is 9.97 Å². The molecule has 0 aliphatic heterocycles. The van der Waals surface area contributed by atoms with Crippen LogP contribution in [0.1, 0.15) is 17.7 Å². The van der Waals surface area contributed by atoms with Gasteiger partial charge in [0.25, 0.3) is 0 Å². The van der Waals surface area contributed by atoms with Crippen LogP contribution in [0.25, 0.3) is 10.2 Å². The predicted molar refractivity (Wildman–Crippen MR) is 82.6 cm³/mol. The van der Waals surface area contributed by atoms with E-state index in [1.165, 1.54) is 12.4 Å². The Balaban J connectivity index is 1.94. The molecule has 3 atom stereocenters. The van der Waals surface area contributed by atoms with E-state index >= 15 is 0 Å². The fraction of sp³-hybridized carbons (Fsp3) is 0.571. The van der Waals surface area contributed by atoms with Crippen LogP contribution in [0.15, 0.2) is 12.4 Å². The van der Waals surface area contributed by atoms with Gasteiger partial charge >= 0.3 is 6.18 Å². The molecule has 23 heavy (non-hydrogen) atoms. The van der Waals surface area contributed by atoms with Gasteiger partial charge in [-0.1, -0.05) is 0 Å². The molecule has 0 unspecified atom stereocenters. The molecule has 0 amide bonds. The normalized spacial score (nSPS) is 25.2. The molecule has 2 aromatic heterocycles. The zero-order valence-corrected chi connectivity index (χ0v) is 13.2. The molecule has 0 radical (unpaired) electrons. The summed E-state index contributed by atoms with van der Waals surface area (Å²) < 4.78 is 37.7. The number of thiophene rings is 1. The van der Waals surface area contributed by atoms with Crippen molar-refractivity contribution in [3.05, 3.63) is 17.3 Å². The fourth-order valence-corrected chi connectivity index (χ4v) is 4.08. The maximum atomic E-state index is 12.6. The average molecular weight is 346 g/mol. The topological polar surface area (TPSA) is 75.3 Å². The highest BCUT2D eigenvalue weighted by molar-refractivity contribution is 7.18. The van der Waals surface area contributed by atoms with Crippen molar-refractivity contribution in [1.82, 2.24) is 9.97 Å². The summed E-state index contributed by atoms with van der Waals surface area (Å²) in [5, 5.41) is 10.7. The average Bonchev–Trinajstić information content (AvgIpc) is 2.97. The van der Waals surface area contributed by atoms with Crippen LogP contribution in [0.3, 0.4) is 0 Å². The minimum absolute atomic E-state index is 0.0851. The van der Waals surface area contributed by atoms with Gasteiger partial charge in [-0.2, -0.15) is 13.2 Å². The lowest BCUT2D eigenvalue weighted by molar-refractivity contribution is -0.126. The molecule has 0 aromatic carbocycles. The molecule has 3 N–H and O–H groups in total. The summed E-state index contributed by atoms with van der Waals surface area (Å²) in [5.41, 5.74) is 5.88. The Morgan fingerprint density at radius 2 is 2.13 bits per heavy atom. The summed E-state index contributed by atoms with van der Waals surface area (Å²) in [7, 11) is 1.77. The molecule has 3 rings (SSSR count). The zero-order valence-electron chi connectivity index (χ0n) is 12.4. The molecule has 2 heterocycles. The number of alkyl halides is 3. The van der Waals surface area contributed by atoms with E-state index in [9.17, 15) is 18.3 Å². The zero-order chi connectivity index (χ0) is 16.8. The monoisotopic (exact) mass is 346 g/mol. The smallest absolute Gasteiger partial charge is 0.391 e. The van der Waals surface area contributed by atoms with Gasteiger partial charge in [-0.3, -0.25) is 0 Å². The van der Waals surface area contributed by atoms with Crippen LogP contribution in [-0.2, 0) is 6.42 Å². The minimum Gasteiger partial charge on any atom is -0.391 e. The molecular weight excluding hydrogens is 329 g/mol. The van der Waals surface area contributed by atoms with E-state index in [4.69, 9.17) is 5.73 Å². The summed E-state index contributed by atoms with van der Waals surface area (Å²) in [6.07, 6.45) is -3.35. The van der Waals surface area contributed by atoms with Crippen LogP contribution in [-0.4, -0.2) is 46.5 Å². The van der Waals surface area contributed by atoms with Gasteiger partial charge in [0.05, 0.1) is 24.0 Å². The van der Waals surface area contributed by atoms with Crippen LogP contribution in [0.5, 0.6) is 0 Å². The van der Waals surface area contributed by atoms with Gasteiger partial charge in [0.15, 0.2) is 0 Å². The molecule has 0 bridgehead atoms. The maximum Gasteiger partial charge on any atom is 0.393 e. The standard InChI is InChI=1S/C14H17F3N4OS/c1-21(10-2-7(18)3-11(10)22)12-9-4-8(5-14(15,16)17)23-13(9)20-6-19-12/h4,6-7,10-11,22H,2-3,5,18H2,1H3/t7-,10+,11+/m1/s1. The van der Waals surface area contributed by atoms with Gasteiger partial charge in [-0.25, -0.2) is 9.97 Å². The van der Waals surface area contributed by atoms with E-state index in [1.54, 1.807) is 11.9 Å². The molecule has 0 spiro atoms. The molecule has 1 aliphatic rings. The lowest BCUT2D eigenvalue weighted by atomic mass is 10.1. The summed E-state index contributed by atoms with van der Waals surface area (Å²) in [6, 6.07) is 1.20. The molecule has 5 nitrogen and oxygen atoms in total. The van der Waals surface area contributed by atoms with E-state index in [0.29, 0.717) is 28.9 Å². The predicted octanol–water partition coefficient (Wildman–Crippen LogP) is 2.08. The number of rotatable bonds is 3. The van der Waals surface area contributed by atoms with Crippen LogP contribution in [0.4, 0.5) is 19.0 Å². The third-order valence-corrected chi connectivity index (χ3v) is 5.14. The number of aliphatic hydroxyl groups is 1. The Bertz CT molecular complexity index is 705. The third kappa shape index (κ3) is 3.41. The molecule has 1 fully saturated rings. The highest BCUT2D eigenvalue weighted by atomic mass is 32.1. The van der Waals surface area contributed by atoms with E-state index in [0.717, 1.165) is 11.3 Å². The number of nitrogens with zero attached hydrogens (tertiary/aromatic N) is 3. The molecule has 9 heteroatoms. The van der Waals surface area contributed by atoms with Gasteiger partial charge in [-0.05, 0) is 18.9 Å². The first kappa shape index (κ1) is 16.4. The molecular formula is C14H17F3N4OS. The van der Waals surface area contributed by atoms with Crippen molar-refractivity contribution in [2.45, 2.75) is 43.6 Å². The van der Waals surface area contributed by atoms with Crippen molar-refractivity contribution in [2.75, 3.05) is 11.9 Å². The van der Waals surface area contributed by atoms with Crippen LogP contribution >= 0.6 is 11.3 Å². The second-order valence-corrected chi connectivity index (χ2v) is 7.01. The first-order valence-corrected chi connectivity index (χ1v) is 8.03. The number of nitrogens with two attached hydrogens (primary N) is 1. The minimum atomic E-state index is -4.26. The van der Waals surface area contributed by atoms with Gasteiger partial charge in [0.1, 0.15) is 17.0 Å². The largest absolute Gasteiger partial charge is 0.393 e. The molecule has 0 saturated heterocycles. The Hall–Kier alpha value is -1.45. The first-order chi connectivity index (χ1) is 10.7. The highest BCUT2D eigenvalue weighted by Gasteiger charge is 2.35. The van der Waals surface area contributed by atoms with Gasteiger partial charge in [0, 0.05) is 18.0 Å². The second kappa shape index (κ2) is 5.88. The van der Waals surface area contributed by atoms with Crippen molar-refractivity contribution in [3.63, 3.8) is 0 Å². The number of anilines is 1. The molecule has 1 saturated carbocycles. The third-order valence-electron chi connectivity index (χ3n) is 4.10. The van der Waals surface area contributed by atoms with Crippen LogP contribution < -0.4 is 10.6 Å². The van der Waals surface area contributed by atoms with Gasteiger partial charge in [0.2, 0.25) is 0 Å². The van der Waals surface area contributed by atoms with Crippen LogP contribution in [0.2, 0.25) is 0 Å². The number of halogens is 3. The van der Waals surface area contributed by atoms with E-state index in [-0.39, 0.29) is 17.0 Å². The quantitative estimate of drug-likeness (QED) is 0.890. The van der Waals surface area contributed by atoms with Crippen molar-refractivity contribution in [3.8, 4) is 0 Å². The fourth-order valence-electron chi connectivity index (χ4n) is 3.06. The van der Waals surface area contributed by atoms with Crippen molar-refractivity contribution in [1.29, 1.82) is 0 Å². The summed E-state index contributed by atoms with van der Waals surface area (Å²) in [6.45, 7) is 0. The summed E-state index contributed by atoms with van der Waals surface area (Å²) in [5.74, 6) is 0.526. The van der Waals surface area contributed by atoms with Gasteiger partial charge < -0.3 is 15.7 Å². The Kier molecular flexibility index (Phi) is 4.19. The van der Waals surface area contributed by atoms with E-state index in [1.807, 2.05) is 0 Å². The Labute approximate surface area is 134 Å². The van der Waals surface area contributed by atoms with Crippen LogP contribution in [0, 0.1) is 0 Å². The lowest BCUT2D eigenvalue weighted by Gasteiger charge is -2.28. The Morgan fingerprint density at radius 1 is 1.39 bits per heavy atom. The number of likely N-dealkylation sites (N-methyl/N-ethyl adjacent to an activating group) is 1. The number of fused-ring (bicyclic) bond motifs is 1. The van der Waals surface area contributed by atoms with Crippen molar-refractivity contribution < 1.29 is 18.3 Å². The number of aromatic nitrogens is 2.